The molecule has 1 saturated heterocycles. The Labute approximate surface area is 191 Å². The lowest BCUT2D eigenvalue weighted by atomic mass is 9.99. The van der Waals surface area contributed by atoms with E-state index in [-0.39, 0.29) is 17.9 Å². The van der Waals surface area contributed by atoms with Gasteiger partial charge in [-0.2, -0.15) is 0 Å². The number of ketones is 1. The molecule has 0 spiro atoms. The Morgan fingerprint density at radius 1 is 0.970 bits per heavy atom. The maximum absolute atomic E-state index is 13.1. The molecule has 2 heterocycles. The van der Waals surface area contributed by atoms with Crippen molar-refractivity contribution in [1.29, 1.82) is 0 Å². The second-order valence-corrected chi connectivity index (χ2v) is 7.48. The van der Waals surface area contributed by atoms with Crippen molar-refractivity contribution >= 4 is 17.4 Å². The molecule has 1 N–H and O–H groups in total. The van der Waals surface area contributed by atoms with Gasteiger partial charge in [-0.25, -0.2) is 0 Å². The normalized spacial score (nSPS) is 17.4. The average Bonchev–Trinajstić information content (AvgIpc) is 3.43. The monoisotopic (exact) mass is 447 g/mol. The quantitative estimate of drug-likeness (QED) is 0.306. The summed E-state index contributed by atoms with van der Waals surface area (Å²) < 4.78 is 16.6. The Bertz CT molecular complexity index is 1160. The summed E-state index contributed by atoms with van der Waals surface area (Å²) in [6.45, 7) is 4.95. The lowest BCUT2D eigenvalue weighted by Crippen LogP contribution is -2.29. The molecule has 1 amide bonds. The van der Waals surface area contributed by atoms with Crippen LogP contribution in [0.25, 0.3) is 5.76 Å². The lowest BCUT2D eigenvalue weighted by molar-refractivity contribution is -0.140. The van der Waals surface area contributed by atoms with E-state index in [9.17, 15) is 14.7 Å². The van der Waals surface area contributed by atoms with Crippen LogP contribution in [0.4, 0.5) is 0 Å². The van der Waals surface area contributed by atoms with Gasteiger partial charge >= 0.3 is 0 Å². The molecule has 1 aliphatic heterocycles. The number of nitrogens with zero attached hydrogens (tertiary/aromatic N) is 1. The topological polar surface area (TPSA) is 89.2 Å². The van der Waals surface area contributed by atoms with Crippen LogP contribution in [0, 0.1) is 0 Å². The second-order valence-electron chi connectivity index (χ2n) is 7.48. The number of hydrogen-bond donors (Lipinski definition) is 1. The summed E-state index contributed by atoms with van der Waals surface area (Å²) in [6, 6.07) is 16.6. The van der Waals surface area contributed by atoms with Crippen molar-refractivity contribution in [1.82, 2.24) is 4.90 Å². The SMILES string of the molecule is CCOc1ccc(/C(O)=C2/C(=O)C(=O)N(Cc3cccc(OCC)c3)C2c2ccco2)cc1. The van der Waals surface area contributed by atoms with Crippen molar-refractivity contribution in [3.8, 4) is 11.5 Å². The third kappa shape index (κ3) is 4.48. The van der Waals surface area contributed by atoms with Gasteiger partial charge in [0.25, 0.3) is 11.7 Å². The zero-order valence-electron chi connectivity index (χ0n) is 18.5. The van der Waals surface area contributed by atoms with Gasteiger partial charge in [0.15, 0.2) is 0 Å². The first-order valence-corrected chi connectivity index (χ1v) is 10.8. The number of Topliss-reactive ketones (excluding diaryl/α,β-unsaturated/α-hetero) is 1. The van der Waals surface area contributed by atoms with Crippen LogP contribution < -0.4 is 9.47 Å². The minimum absolute atomic E-state index is 0.0138. The highest BCUT2D eigenvalue weighted by Gasteiger charge is 2.47. The van der Waals surface area contributed by atoms with Crippen molar-refractivity contribution in [2.45, 2.75) is 26.4 Å². The zero-order valence-corrected chi connectivity index (χ0v) is 18.5. The second kappa shape index (κ2) is 9.65. The van der Waals surface area contributed by atoms with E-state index in [2.05, 4.69) is 0 Å². The first-order valence-electron chi connectivity index (χ1n) is 10.8. The molecule has 33 heavy (non-hydrogen) atoms. The summed E-state index contributed by atoms with van der Waals surface area (Å²) in [6.07, 6.45) is 1.47. The number of amides is 1. The number of furan rings is 1. The predicted molar refractivity (Wildman–Crippen MR) is 122 cm³/mol. The predicted octanol–water partition coefficient (Wildman–Crippen LogP) is 4.70. The van der Waals surface area contributed by atoms with E-state index in [0.717, 1.165) is 5.56 Å². The van der Waals surface area contributed by atoms with Crippen LogP contribution in [0.3, 0.4) is 0 Å². The van der Waals surface area contributed by atoms with Crippen LogP contribution in [0.15, 0.2) is 76.9 Å². The first kappa shape index (κ1) is 22.2. The Kier molecular flexibility index (Phi) is 6.49. The van der Waals surface area contributed by atoms with Crippen LogP contribution in [0.5, 0.6) is 11.5 Å². The van der Waals surface area contributed by atoms with Crippen LogP contribution in [-0.2, 0) is 16.1 Å². The smallest absolute Gasteiger partial charge is 0.296 e. The van der Waals surface area contributed by atoms with Gasteiger partial charge in [0.1, 0.15) is 29.1 Å². The highest BCUT2D eigenvalue weighted by atomic mass is 16.5. The number of aliphatic hydroxyl groups excluding tert-OH is 1. The molecular weight excluding hydrogens is 422 g/mol. The van der Waals surface area contributed by atoms with Crippen molar-refractivity contribution < 1.29 is 28.6 Å². The Balaban J connectivity index is 1.74. The van der Waals surface area contributed by atoms with Crippen LogP contribution in [-0.4, -0.2) is 34.9 Å². The third-order valence-corrected chi connectivity index (χ3v) is 5.35. The van der Waals surface area contributed by atoms with E-state index in [1.54, 1.807) is 36.4 Å². The maximum Gasteiger partial charge on any atom is 0.296 e. The fraction of sp³-hybridized carbons (Fsp3) is 0.231. The molecule has 1 aromatic heterocycles. The summed E-state index contributed by atoms with van der Waals surface area (Å²) in [5, 5.41) is 11.1. The third-order valence-electron chi connectivity index (χ3n) is 5.35. The molecule has 3 aromatic rings. The molecule has 4 rings (SSSR count). The number of benzene rings is 2. The summed E-state index contributed by atoms with van der Waals surface area (Å²) in [7, 11) is 0. The van der Waals surface area contributed by atoms with E-state index in [1.165, 1.54) is 11.2 Å². The van der Waals surface area contributed by atoms with Crippen molar-refractivity contribution in [2.75, 3.05) is 13.2 Å². The van der Waals surface area contributed by atoms with Gasteiger partial charge < -0.3 is 23.9 Å². The summed E-state index contributed by atoms with van der Waals surface area (Å²) >= 11 is 0. The van der Waals surface area contributed by atoms with Crippen LogP contribution >= 0.6 is 0 Å². The highest BCUT2D eigenvalue weighted by molar-refractivity contribution is 6.46. The summed E-state index contributed by atoms with van der Waals surface area (Å²) in [4.78, 5) is 27.5. The van der Waals surface area contributed by atoms with Gasteiger partial charge in [-0.1, -0.05) is 12.1 Å². The molecule has 170 valence electrons. The first-order chi connectivity index (χ1) is 16.0. The number of carbonyl (C=O) groups is 2. The van der Waals surface area contributed by atoms with E-state index in [0.29, 0.717) is 36.0 Å². The minimum Gasteiger partial charge on any atom is -0.507 e. The molecule has 1 atom stereocenters. The summed E-state index contributed by atoms with van der Waals surface area (Å²) in [5.74, 6) is -0.0118. The van der Waals surface area contributed by atoms with Crippen LogP contribution in [0.2, 0.25) is 0 Å². The van der Waals surface area contributed by atoms with E-state index >= 15 is 0 Å². The van der Waals surface area contributed by atoms with Gasteiger partial charge in [0.05, 0.1) is 25.1 Å². The number of aliphatic hydroxyl groups is 1. The van der Waals surface area contributed by atoms with Gasteiger partial charge in [-0.15, -0.1) is 0 Å². The number of ether oxygens (including phenoxy) is 2. The number of likely N-dealkylation sites (tertiary alicyclic amines) is 1. The molecule has 2 aromatic carbocycles. The fourth-order valence-electron chi connectivity index (χ4n) is 3.91. The number of rotatable bonds is 8. The average molecular weight is 447 g/mol. The Morgan fingerprint density at radius 3 is 2.36 bits per heavy atom. The maximum atomic E-state index is 13.1. The molecule has 1 fully saturated rings. The minimum atomic E-state index is -0.859. The zero-order chi connectivity index (χ0) is 23.4. The van der Waals surface area contributed by atoms with Gasteiger partial charge in [0, 0.05) is 12.1 Å². The van der Waals surface area contributed by atoms with Gasteiger partial charge in [0.2, 0.25) is 0 Å². The van der Waals surface area contributed by atoms with Gasteiger partial charge in [-0.3, -0.25) is 9.59 Å². The molecule has 7 heteroatoms. The number of hydrogen-bond acceptors (Lipinski definition) is 6. The van der Waals surface area contributed by atoms with E-state index in [1.807, 2.05) is 38.1 Å². The molecule has 0 saturated carbocycles. The molecule has 0 aliphatic carbocycles. The molecule has 1 aliphatic rings. The molecular formula is C26H25NO6. The standard InChI is InChI=1S/C26H25NO6/c1-3-31-19-12-10-18(11-13-19)24(28)22-23(21-9-6-14-33-21)27(26(30)25(22)29)16-17-7-5-8-20(15-17)32-4-2/h5-15,23,28H,3-4,16H2,1-2H3/b24-22-. The summed E-state index contributed by atoms with van der Waals surface area (Å²) in [5.41, 5.74) is 1.19. The molecule has 7 nitrogen and oxygen atoms in total. The van der Waals surface area contributed by atoms with Gasteiger partial charge in [-0.05, 0) is 67.9 Å². The lowest BCUT2D eigenvalue weighted by Gasteiger charge is -2.23. The highest BCUT2D eigenvalue weighted by Crippen LogP contribution is 2.40. The molecule has 1 unspecified atom stereocenters. The fourth-order valence-corrected chi connectivity index (χ4v) is 3.91. The van der Waals surface area contributed by atoms with Crippen molar-refractivity contribution in [2.24, 2.45) is 0 Å². The largest absolute Gasteiger partial charge is 0.507 e. The van der Waals surface area contributed by atoms with Crippen molar-refractivity contribution in [3.63, 3.8) is 0 Å². The van der Waals surface area contributed by atoms with E-state index < -0.39 is 17.7 Å². The Morgan fingerprint density at radius 2 is 1.70 bits per heavy atom. The Hall–Kier alpha value is -4.00. The van der Waals surface area contributed by atoms with Crippen LogP contribution in [0.1, 0.15) is 36.8 Å². The number of carbonyl (C=O) groups excluding carboxylic acids is 2. The van der Waals surface area contributed by atoms with E-state index in [4.69, 9.17) is 13.9 Å². The molecule has 0 bridgehead atoms. The molecule has 0 radical (unpaired) electrons. The van der Waals surface area contributed by atoms with Crippen molar-refractivity contribution in [3.05, 3.63) is 89.4 Å².